The number of hydrogen-bond acceptors (Lipinski definition) is 4. The highest BCUT2D eigenvalue weighted by Crippen LogP contribution is 2.00. The van der Waals surface area contributed by atoms with Crippen LogP contribution in [0.25, 0.3) is 0 Å². The molecule has 0 amide bonds. The quantitative estimate of drug-likeness (QED) is 0.195. The normalized spacial score (nSPS) is 12.6. The summed E-state index contributed by atoms with van der Waals surface area (Å²) in [5.41, 5.74) is 5.49. The van der Waals surface area contributed by atoms with Gasteiger partial charge in [0.25, 0.3) is 0 Å². The van der Waals surface area contributed by atoms with Crippen molar-refractivity contribution in [1.29, 1.82) is 0 Å². The summed E-state index contributed by atoms with van der Waals surface area (Å²) in [5, 5.41) is 11.5. The first kappa shape index (κ1) is 17.2. The Morgan fingerprint density at radius 3 is 2.61 bits per heavy atom. The van der Waals surface area contributed by atoms with Gasteiger partial charge in [0.1, 0.15) is 5.84 Å². The van der Waals surface area contributed by atoms with Gasteiger partial charge >= 0.3 is 0 Å². The highest BCUT2D eigenvalue weighted by Gasteiger charge is 2.08. The van der Waals surface area contributed by atoms with Gasteiger partial charge in [0.2, 0.25) is 0 Å². The van der Waals surface area contributed by atoms with Crippen LogP contribution in [0.15, 0.2) is 5.16 Å². The van der Waals surface area contributed by atoms with E-state index in [-0.39, 0.29) is 5.84 Å². The Balaban J connectivity index is 3.84. The summed E-state index contributed by atoms with van der Waals surface area (Å²) in [6.07, 6.45) is 2.88. The molecule has 0 heterocycles. The Bertz CT molecular complexity index is 220. The van der Waals surface area contributed by atoms with E-state index in [1.54, 1.807) is 0 Å². The van der Waals surface area contributed by atoms with Crippen molar-refractivity contribution in [3.63, 3.8) is 0 Å². The summed E-state index contributed by atoms with van der Waals surface area (Å²) < 4.78 is 5.57. The molecule has 0 fully saturated rings. The van der Waals surface area contributed by atoms with Crippen LogP contribution >= 0.6 is 0 Å². The minimum atomic E-state index is 0.288. The summed E-state index contributed by atoms with van der Waals surface area (Å²) in [7, 11) is 0. The monoisotopic (exact) mass is 259 g/mol. The molecule has 0 radical (unpaired) electrons. The van der Waals surface area contributed by atoms with Crippen LogP contribution in [0.4, 0.5) is 0 Å². The molecule has 0 unspecified atom stereocenters. The first-order valence-corrected chi connectivity index (χ1v) is 6.86. The molecule has 0 bridgehead atoms. The van der Waals surface area contributed by atoms with E-state index in [1.807, 2.05) is 0 Å². The lowest BCUT2D eigenvalue weighted by atomic mass is 10.2. The van der Waals surface area contributed by atoms with Crippen molar-refractivity contribution in [2.24, 2.45) is 16.8 Å². The number of nitrogens with zero attached hydrogens (tertiary/aromatic N) is 2. The maximum Gasteiger partial charge on any atom is 0.140 e. The fraction of sp³-hybridized carbons (Fsp3) is 0.923. The molecule has 0 atom stereocenters. The second-order valence-electron chi connectivity index (χ2n) is 5.00. The Kier molecular flexibility index (Phi) is 10.8. The first-order valence-electron chi connectivity index (χ1n) is 6.86. The third-order valence-corrected chi connectivity index (χ3v) is 2.63. The number of hydrogen-bond donors (Lipinski definition) is 2. The Morgan fingerprint density at radius 1 is 1.33 bits per heavy atom. The average Bonchev–Trinajstić information content (AvgIpc) is 2.34. The number of unbranched alkanes of at least 4 members (excludes halogenated alkanes) is 1. The second-order valence-corrected chi connectivity index (χ2v) is 5.00. The van der Waals surface area contributed by atoms with Gasteiger partial charge in [-0.05, 0) is 12.3 Å². The molecule has 0 aromatic heterocycles. The van der Waals surface area contributed by atoms with Gasteiger partial charge in [0, 0.05) is 32.7 Å². The molecule has 5 nitrogen and oxygen atoms in total. The Labute approximate surface area is 111 Å². The minimum absolute atomic E-state index is 0.288. The molecule has 18 heavy (non-hydrogen) atoms. The number of oxime groups is 1. The maximum absolute atomic E-state index is 8.52. The molecule has 0 saturated heterocycles. The lowest BCUT2D eigenvalue weighted by Gasteiger charge is -2.23. The summed E-state index contributed by atoms with van der Waals surface area (Å²) in [6.45, 7) is 10.9. The minimum Gasteiger partial charge on any atom is -0.409 e. The zero-order valence-electron chi connectivity index (χ0n) is 12.1. The first-order chi connectivity index (χ1) is 8.60. The molecule has 0 aliphatic carbocycles. The Morgan fingerprint density at radius 2 is 2.06 bits per heavy atom. The van der Waals surface area contributed by atoms with Crippen molar-refractivity contribution in [1.82, 2.24) is 4.90 Å². The van der Waals surface area contributed by atoms with Crippen LogP contribution < -0.4 is 5.73 Å². The average molecular weight is 259 g/mol. The van der Waals surface area contributed by atoms with Gasteiger partial charge < -0.3 is 20.6 Å². The molecule has 5 heteroatoms. The molecule has 0 aliphatic heterocycles. The number of rotatable bonds is 11. The van der Waals surface area contributed by atoms with Crippen molar-refractivity contribution in [2.45, 2.75) is 40.0 Å². The van der Waals surface area contributed by atoms with Crippen LogP contribution in [0.3, 0.4) is 0 Å². The van der Waals surface area contributed by atoms with Gasteiger partial charge in [-0.2, -0.15) is 0 Å². The van der Waals surface area contributed by atoms with Gasteiger partial charge in [-0.1, -0.05) is 32.3 Å². The molecular formula is C13H29N3O2. The third kappa shape index (κ3) is 10.4. The molecule has 0 rings (SSSR count). The summed E-state index contributed by atoms with van der Waals surface area (Å²) in [6, 6.07) is 0. The zero-order valence-corrected chi connectivity index (χ0v) is 12.1. The third-order valence-electron chi connectivity index (χ3n) is 2.63. The van der Waals surface area contributed by atoms with Gasteiger partial charge in [-0.25, -0.2) is 0 Å². The second kappa shape index (κ2) is 11.3. The lowest BCUT2D eigenvalue weighted by Crippen LogP contribution is -2.34. The van der Waals surface area contributed by atoms with Crippen molar-refractivity contribution < 1.29 is 9.94 Å². The molecule has 0 spiro atoms. The molecule has 0 aromatic rings. The van der Waals surface area contributed by atoms with Gasteiger partial charge in [-0.15, -0.1) is 0 Å². The summed E-state index contributed by atoms with van der Waals surface area (Å²) in [5.74, 6) is 0.892. The van der Waals surface area contributed by atoms with E-state index in [0.717, 1.165) is 39.3 Å². The largest absolute Gasteiger partial charge is 0.409 e. The van der Waals surface area contributed by atoms with Gasteiger partial charge in [0.15, 0.2) is 0 Å². The molecule has 3 N–H and O–H groups in total. The van der Waals surface area contributed by atoms with E-state index < -0.39 is 0 Å². The van der Waals surface area contributed by atoms with Gasteiger partial charge in [0.05, 0.1) is 6.61 Å². The fourth-order valence-corrected chi connectivity index (χ4v) is 1.68. The number of nitrogens with two attached hydrogens (primary N) is 1. The van der Waals surface area contributed by atoms with Crippen molar-refractivity contribution in [2.75, 3.05) is 32.8 Å². The molecule has 108 valence electrons. The maximum atomic E-state index is 8.52. The number of ether oxygens (including phenoxy) is 1. The molecule has 0 saturated carbocycles. The topological polar surface area (TPSA) is 71.1 Å². The van der Waals surface area contributed by atoms with E-state index in [4.69, 9.17) is 15.7 Å². The highest BCUT2D eigenvalue weighted by molar-refractivity contribution is 5.79. The molecule has 0 aromatic carbocycles. The van der Waals surface area contributed by atoms with E-state index in [9.17, 15) is 0 Å². The van der Waals surface area contributed by atoms with E-state index in [2.05, 4.69) is 30.8 Å². The lowest BCUT2D eigenvalue weighted by molar-refractivity contribution is 0.0982. The smallest absolute Gasteiger partial charge is 0.140 e. The van der Waals surface area contributed by atoms with E-state index in [1.165, 1.54) is 6.42 Å². The number of amidine groups is 1. The standard InChI is InChI=1S/C13H29N3O2/c1-4-5-9-18-10-8-16(11-12(2)3)7-6-13(14)15-17/h12,17H,4-11H2,1-3H3,(H2,14,15). The van der Waals surface area contributed by atoms with Gasteiger partial charge in [-0.3, -0.25) is 0 Å². The van der Waals surface area contributed by atoms with Crippen LogP contribution in [0.1, 0.15) is 40.0 Å². The summed E-state index contributed by atoms with van der Waals surface area (Å²) >= 11 is 0. The predicted molar refractivity (Wildman–Crippen MR) is 75.0 cm³/mol. The van der Waals surface area contributed by atoms with Crippen molar-refractivity contribution >= 4 is 5.84 Å². The highest BCUT2D eigenvalue weighted by atomic mass is 16.5. The van der Waals surface area contributed by atoms with Crippen LogP contribution in [0, 0.1) is 5.92 Å². The zero-order chi connectivity index (χ0) is 13.8. The van der Waals surface area contributed by atoms with Crippen LogP contribution in [-0.2, 0) is 4.74 Å². The fourth-order valence-electron chi connectivity index (χ4n) is 1.68. The molecule has 0 aliphatic rings. The van der Waals surface area contributed by atoms with Crippen LogP contribution in [0.2, 0.25) is 0 Å². The van der Waals surface area contributed by atoms with Crippen LogP contribution in [-0.4, -0.2) is 48.8 Å². The van der Waals surface area contributed by atoms with Crippen molar-refractivity contribution in [3.05, 3.63) is 0 Å². The molecular weight excluding hydrogens is 230 g/mol. The van der Waals surface area contributed by atoms with Crippen molar-refractivity contribution in [3.8, 4) is 0 Å². The predicted octanol–water partition coefficient (Wildman–Crippen LogP) is 1.90. The SMILES string of the molecule is CCCCOCCN(CCC(N)=NO)CC(C)C. The van der Waals surface area contributed by atoms with Crippen LogP contribution in [0.5, 0.6) is 0 Å². The van der Waals surface area contributed by atoms with E-state index >= 15 is 0 Å². The Hall–Kier alpha value is -0.810. The van der Waals surface area contributed by atoms with E-state index in [0.29, 0.717) is 12.3 Å². The summed E-state index contributed by atoms with van der Waals surface area (Å²) in [4.78, 5) is 2.30.